The first-order chi connectivity index (χ1) is 14.6. The number of carbonyl (C=O) groups excluding carboxylic acids is 1. The van der Waals surface area contributed by atoms with Crippen LogP contribution in [0.25, 0.3) is 10.9 Å². The zero-order chi connectivity index (χ0) is 20.7. The number of aliphatic hydroxyl groups is 1. The molecule has 162 valence electrons. The van der Waals surface area contributed by atoms with E-state index in [2.05, 4.69) is 57.1 Å². The molecule has 1 aromatic heterocycles. The number of benzene rings is 1. The molecule has 2 aromatic rings. The molecule has 2 N–H and O–H groups in total. The van der Waals surface area contributed by atoms with E-state index in [4.69, 9.17) is 0 Å². The quantitative estimate of drug-likeness (QED) is 0.794. The van der Waals surface area contributed by atoms with Gasteiger partial charge in [0.25, 0.3) is 0 Å². The minimum Gasteiger partial charge on any atom is -0.392 e. The lowest BCUT2D eigenvalue weighted by Crippen LogP contribution is -2.54. The average molecular weight is 411 g/mol. The second-order valence-corrected chi connectivity index (χ2v) is 9.62. The standard InChI is InChI=1S/C24H34N4O2/c1-17-11-27-15-21(29)10-20(27)14-26(17)12-18-13-28(23-9-5-4-8-22(18)23)16-24(30)25-19-6-2-3-7-19/h4-5,8-9,13,17,19-21,29H,2-3,6-7,10-12,14-16H2,1H3,(H,25,30)/t17-,20?,21+/m0/s1. The monoisotopic (exact) mass is 410 g/mol. The summed E-state index contributed by atoms with van der Waals surface area (Å²) in [5.74, 6) is 0.121. The second kappa shape index (κ2) is 8.33. The van der Waals surface area contributed by atoms with Gasteiger partial charge in [0.1, 0.15) is 6.54 Å². The molecule has 2 aliphatic heterocycles. The summed E-state index contributed by atoms with van der Waals surface area (Å²) in [4.78, 5) is 17.6. The summed E-state index contributed by atoms with van der Waals surface area (Å²) in [5, 5.41) is 14.5. The Bertz CT molecular complexity index is 904. The number of aliphatic hydroxyl groups excluding tert-OH is 1. The molecule has 0 spiro atoms. The predicted molar refractivity (Wildman–Crippen MR) is 118 cm³/mol. The number of carbonyl (C=O) groups is 1. The normalized spacial score (nSPS) is 28.3. The number of rotatable bonds is 5. The van der Waals surface area contributed by atoms with E-state index in [9.17, 15) is 9.90 Å². The molecule has 0 radical (unpaired) electrons. The lowest BCUT2D eigenvalue weighted by Gasteiger charge is -2.42. The first kappa shape index (κ1) is 20.0. The minimum absolute atomic E-state index is 0.121. The Hall–Kier alpha value is -1.89. The second-order valence-electron chi connectivity index (χ2n) is 9.62. The number of nitrogens with zero attached hydrogens (tertiary/aromatic N) is 3. The Morgan fingerprint density at radius 1 is 1.17 bits per heavy atom. The molecule has 6 heteroatoms. The highest BCUT2D eigenvalue weighted by atomic mass is 16.3. The van der Waals surface area contributed by atoms with Crippen molar-refractivity contribution in [1.29, 1.82) is 0 Å². The first-order valence-electron chi connectivity index (χ1n) is 11.6. The molecule has 3 atom stereocenters. The smallest absolute Gasteiger partial charge is 0.240 e. The molecule has 30 heavy (non-hydrogen) atoms. The van der Waals surface area contributed by atoms with Crippen LogP contribution in [0.2, 0.25) is 0 Å². The van der Waals surface area contributed by atoms with Gasteiger partial charge in [-0.2, -0.15) is 0 Å². The number of hydrogen-bond acceptors (Lipinski definition) is 4. The molecule has 3 heterocycles. The lowest BCUT2D eigenvalue weighted by molar-refractivity contribution is -0.122. The third kappa shape index (κ3) is 4.01. The predicted octanol–water partition coefficient (Wildman–Crippen LogP) is 2.34. The molecular formula is C24H34N4O2. The third-order valence-corrected chi connectivity index (χ3v) is 7.35. The molecule has 1 aliphatic carbocycles. The molecule has 1 amide bonds. The van der Waals surface area contributed by atoms with Crippen molar-refractivity contribution in [2.75, 3.05) is 19.6 Å². The van der Waals surface area contributed by atoms with Crippen LogP contribution in [-0.4, -0.2) is 69.2 Å². The molecule has 1 aromatic carbocycles. The lowest BCUT2D eigenvalue weighted by atomic mass is 10.1. The van der Waals surface area contributed by atoms with Crippen LogP contribution in [0.4, 0.5) is 0 Å². The summed E-state index contributed by atoms with van der Waals surface area (Å²) in [5.41, 5.74) is 2.43. The van der Waals surface area contributed by atoms with Crippen molar-refractivity contribution >= 4 is 16.8 Å². The Morgan fingerprint density at radius 2 is 1.97 bits per heavy atom. The first-order valence-corrected chi connectivity index (χ1v) is 11.6. The van der Waals surface area contributed by atoms with Crippen LogP contribution < -0.4 is 5.32 Å². The molecule has 3 aliphatic rings. The van der Waals surface area contributed by atoms with E-state index < -0.39 is 0 Å². The van der Waals surface area contributed by atoms with Crippen molar-refractivity contribution in [3.8, 4) is 0 Å². The average Bonchev–Trinajstić information content (AvgIpc) is 3.42. The Kier molecular flexibility index (Phi) is 5.56. The van der Waals surface area contributed by atoms with Gasteiger partial charge in [0.15, 0.2) is 0 Å². The zero-order valence-electron chi connectivity index (χ0n) is 18.0. The summed E-state index contributed by atoms with van der Waals surface area (Å²) in [6.45, 7) is 6.39. The fourth-order valence-electron chi connectivity index (χ4n) is 5.79. The Balaban J connectivity index is 1.32. The van der Waals surface area contributed by atoms with Crippen LogP contribution in [0, 0.1) is 0 Å². The van der Waals surface area contributed by atoms with E-state index in [0.717, 1.165) is 51.0 Å². The fourth-order valence-corrected chi connectivity index (χ4v) is 5.79. The van der Waals surface area contributed by atoms with E-state index in [1.165, 1.54) is 23.8 Å². The van der Waals surface area contributed by atoms with E-state index in [0.29, 0.717) is 24.7 Å². The van der Waals surface area contributed by atoms with Gasteiger partial charge < -0.3 is 15.0 Å². The summed E-state index contributed by atoms with van der Waals surface area (Å²) in [6, 6.07) is 9.72. The Labute approximate surface area is 178 Å². The van der Waals surface area contributed by atoms with Crippen LogP contribution in [-0.2, 0) is 17.9 Å². The molecule has 6 nitrogen and oxygen atoms in total. The van der Waals surface area contributed by atoms with Crippen molar-refractivity contribution in [2.24, 2.45) is 0 Å². The van der Waals surface area contributed by atoms with Gasteiger partial charge in [0.2, 0.25) is 5.91 Å². The molecule has 3 fully saturated rings. The maximum absolute atomic E-state index is 12.6. The van der Waals surface area contributed by atoms with Crippen molar-refractivity contribution in [1.82, 2.24) is 19.7 Å². The van der Waals surface area contributed by atoms with Crippen LogP contribution in [0.3, 0.4) is 0 Å². The van der Waals surface area contributed by atoms with Crippen molar-refractivity contribution in [3.05, 3.63) is 36.0 Å². The molecular weight excluding hydrogens is 376 g/mol. The van der Waals surface area contributed by atoms with Crippen LogP contribution in [0.15, 0.2) is 30.5 Å². The van der Waals surface area contributed by atoms with Gasteiger partial charge >= 0.3 is 0 Å². The number of nitrogens with one attached hydrogen (secondary N) is 1. The largest absolute Gasteiger partial charge is 0.392 e. The van der Waals surface area contributed by atoms with Gasteiger partial charge in [-0.05, 0) is 37.8 Å². The highest BCUT2D eigenvalue weighted by molar-refractivity contribution is 5.86. The number of para-hydroxylation sites is 1. The van der Waals surface area contributed by atoms with Gasteiger partial charge in [0.05, 0.1) is 6.10 Å². The zero-order valence-corrected chi connectivity index (χ0v) is 18.0. The van der Waals surface area contributed by atoms with Crippen LogP contribution in [0.5, 0.6) is 0 Å². The summed E-state index contributed by atoms with van der Waals surface area (Å²) in [6.07, 6.45) is 7.57. The van der Waals surface area contributed by atoms with E-state index in [-0.39, 0.29) is 12.0 Å². The summed E-state index contributed by atoms with van der Waals surface area (Å²) < 4.78 is 2.12. The van der Waals surface area contributed by atoms with E-state index in [1.807, 2.05) is 0 Å². The highest BCUT2D eigenvalue weighted by Crippen LogP contribution is 2.29. The fraction of sp³-hybridized carbons (Fsp3) is 0.625. The number of piperazine rings is 1. The van der Waals surface area contributed by atoms with E-state index >= 15 is 0 Å². The molecule has 0 bridgehead atoms. The molecule has 1 unspecified atom stereocenters. The van der Waals surface area contributed by atoms with Crippen LogP contribution >= 0.6 is 0 Å². The van der Waals surface area contributed by atoms with Crippen molar-refractivity contribution < 1.29 is 9.90 Å². The molecule has 5 rings (SSSR count). The van der Waals surface area contributed by atoms with Crippen molar-refractivity contribution in [3.63, 3.8) is 0 Å². The van der Waals surface area contributed by atoms with Gasteiger partial charge in [-0.15, -0.1) is 0 Å². The number of amides is 1. The van der Waals surface area contributed by atoms with Gasteiger partial charge in [-0.3, -0.25) is 14.6 Å². The third-order valence-electron chi connectivity index (χ3n) is 7.35. The number of aromatic nitrogens is 1. The van der Waals surface area contributed by atoms with Gasteiger partial charge in [0, 0.05) is 61.4 Å². The van der Waals surface area contributed by atoms with Gasteiger partial charge in [-0.25, -0.2) is 0 Å². The van der Waals surface area contributed by atoms with Gasteiger partial charge in [-0.1, -0.05) is 31.0 Å². The summed E-state index contributed by atoms with van der Waals surface area (Å²) in [7, 11) is 0. The summed E-state index contributed by atoms with van der Waals surface area (Å²) >= 11 is 0. The maximum atomic E-state index is 12.6. The maximum Gasteiger partial charge on any atom is 0.240 e. The van der Waals surface area contributed by atoms with Crippen molar-refractivity contribution in [2.45, 2.75) is 76.3 Å². The van der Waals surface area contributed by atoms with E-state index in [1.54, 1.807) is 0 Å². The minimum atomic E-state index is -0.178. The Morgan fingerprint density at radius 3 is 2.80 bits per heavy atom. The number of fused-ring (bicyclic) bond motifs is 2. The highest BCUT2D eigenvalue weighted by Gasteiger charge is 2.38. The number of hydrogen-bond donors (Lipinski definition) is 2. The van der Waals surface area contributed by atoms with Crippen LogP contribution in [0.1, 0.15) is 44.6 Å². The topological polar surface area (TPSA) is 60.7 Å². The molecule has 2 saturated heterocycles. The molecule has 1 saturated carbocycles. The SMILES string of the molecule is C[C@H]1CN2C[C@H](O)CC2CN1Cc1cn(CC(=O)NC2CCCC2)c2ccccc12.